The van der Waals surface area contributed by atoms with E-state index in [9.17, 15) is 4.79 Å². The third kappa shape index (κ3) is 1.06. The number of anilines is 1. The molecule has 1 aliphatic carbocycles. The number of nitrogen functional groups attached to an aromatic ring is 1. The normalized spacial score (nSPS) is 18.2. The number of primary amides is 1. The fraction of sp³-hybridized carbons (Fsp3) is 0.333. The minimum Gasteiger partial charge on any atom is -0.397 e. The van der Waals surface area contributed by atoms with Crippen LogP contribution in [-0.4, -0.2) is 10.9 Å². The molecule has 0 unspecified atom stereocenters. The molecule has 1 aromatic rings. The van der Waals surface area contributed by atoms with Crippen LogP contribution in [0.15, 0.2) is 18.5 Å². The summed E-state index contributed by atoms with van der Waals surface area (Å²) in [6.07, 6.45) is 4.79. The maximum atomic E-state index is 11.2. The van der Waals surface area contributed by atoms with Gasteiger partial charge in [0, 0.05) is 6.20 Å². The van der Waals surface area contributed by atoms with Crippen LogP contribution >= 0.6 is 0 Å². The number of rotatable bonds is 2. The van der Waals surface area contributed by atoms with E-state index in [-0.39, 0.29) is 5.91 Å². The van der Waals surface area contributed by atoms with Crippen molar-refractivity contribution in [2.75, 3.05) is 5.73 Å². The Morgan fingerprint density at radius 3 is 2.69 bits per heavy atom. The molecule has 1 saturated carbocycles. The number of carbonyl (C=O) groups excluding carboxylic acids is 1. The van der Waals surface area contributed by atoms with Crippen molar-refractivity contribution in [1.29, 1.82) is 0 Å². The van der Waals surface area contributed by atoms with Gasteiger partial charge in [-0.15, -0.1) is 0 Å². The van der Waals surface area contributed by atoms with Crippen molar-refractivity contribution in [3.63, 3.8) is 0 Å². The number of amides is 1. The van der Waals surface area contributed by atoms with Gasteiger partial charge in [0.2, 0.25) is 5.91 Å². The van der Waals surface area contributed by atoms with Gasteiger partial charge in [0.05, 0.1) is 17.3 Å². The minimum atomic E-state index is -0.493. The third-order valence-electron chi connectivity index (χ3n) is 2.59. The zero-order valence-corrected chi connectivity index (χ0v) is 7.16. The first-order chi connectivity index (χ1) is 6.17. The Bertz CT molecular complexity index is 358. The molecule has 0 radical (unpaired) electrons. The number of carbonyl (C=O) groups is 1. The van der Waals surface area contributed by atoms with Gasteiger partial charge in [0.15, 0.2) is 0 Å². The van der Waals surface area contributed by atoms with Gasteiger partial charge in [-0.3, -0.25) is 9.78 Å². The summed E-state index contributed by atoms with van der Waals surface area (Å²) in [6, 6.07) is 1.77. The summed E-state index contributed by atoms with van der Waals surface area (Å²) in [5.41, 5.74) is 11.9. The first-order valence-electron chi connectivity index (χ1n) is 4.17. The van der Waals surface area contributed by atoms with Crippen LogP contribution in [0.1, 0.15) is 18.4 Å². The molecule has 4 nitrogen and oxygen atoms in total. The van der Waals surface area contributed by atoms with Gasteiger partial charge < -0.3 is 11.5 Å². The van der Waals surface area contributed by atoms with Crippen LogP contribution in [0.4, 0.5) is 5.69 Å². The lowest BCUT2D eigenvalue weighted by Crippen LogP contribution is -2.29. The molecule has 1 aromatic heterocycles. The number of nitrogens with zero attached hydrogens (tertiary/aromatic N) is 1. The summed E-state index contributed by atoms with van der Waals surface area (Å²) in [4.78, 5) is 15.1. The van der Waals surface area contributed by atoms with Crippen LogP contribution in [0.25, 0.3) is 0 Å². The zero-order valence-electron chi connectivity index (χ0n) is 7.16. The highest BCUT2D eigenvalue weighted by Gasteiger charge is 2.50. The highest BCUT2D eigenvalue weighted by atomic mass is 16.1. The second-order valence-electron chi connectivity index (χ2n) is 3.41. The van der Waals surface area contributed by atoms with Gasteiger partial charge in [0.1, 0.15) is 0 Å². The summed E-state index contributed by atoms with van der Waals surface area (Å²) in [7, 11) is 0. The fourth-order valence-electron chi connectivity index (χ4n) is 1.62. The minimum absolute atomic E-state index is 0.287. The summed E-state index contributed by atoms with van der Waals surface area (Å²) >= 11 is 0. The topological polar surface area (TPSA) is 82.0 Å². The molecule has 0 aliphatic heterocycles. The second-order valence-corrected chi connectivity index (χ2v) is 3.41. The Kier molecular flexibility index (Phi) is 1.52. The molecular formula is C9H11N3O. The van der Waals surface area contributed by atoms with E-state index >= 15 is 0 Å². The summed E-state index contributed by atoms with van der Waals surface area (Å²) in [6.45, 7) is 0. The Hall–Kier alpha value is -1.58. The van der Waals surface area contributed by atoms with Crippen LogP contribution in [-0.2, 0) is 10.2 Å². The van der Waals surface area contributed by atoms with Crippen LogP contribution < -0.4 is 11.5 Å². The van der Waals surface area contributed by atoms with Crippen LogP contribution in [0.3, 0.4) is 0 Å². The second kappa shape index (κ2) is 2.45. The molecule has 68 valence electrons. The highest BCUT2D eigenvalue weighted by Crippen LogP contribution is 2.49. The molecule has 4 N–H and O–H groups in total. The molecular weight excluding hydrogens is 166 g/mol. The van der Waals surface area contributed by atoms with Gasteiger partial charge >= 0.3 is 0 Å². The molecule has 1 aliphatic rings. The SMILES string of the molecule is NC(=O)C1(c2ccncc2N)CC1. The van der Waals surface area contributed by atoms with Gasteiger partial charge in [-0.25, -0.2) is 0 Å². The maximum Gasteiger partial charge on any atom is 0.228 e. The van der Waals surface area contributed by atoms with E-state index in [1.165, 1.54) is 0 Å². The fourth-order valence-corrected chi connectivity index (χ4v) is 1.62. The molecule has 0 atom stereocenters. The van der Waals surface area contributed by atoms with E-state index in [0.29, 0.717) is 5.69 Å². The van der Waals surface area contributed by atoms with Crippen LogP contribution in [0.2, 0.25) is 0 Å². The molecule has 2 rings (SSSR count). The average molecular weight is 177 g/mol. The highest BCUT2D eigenvalue weighted by molar-refractivity contribution is 5.91. The lowest BCUT2D eigenvalue weighted by Gasteiger charge is -2.12. The third-order valence-corrected chi connectivity index (χ3v) is 2.59. The molecule has 1 fully saturated rings. The standard InChI is InChI=1S/C9H11N3O/c10-7-5-12-4-1-6(7)9(2-3-9)8(11)13/h1,4-5H,2-3,10H2,(H2,11,13). The summed E-state index contributed by atoms with van der Waals surface area (Å²) < 4.78 is 0. The van der Waals surface area contributed by atoms with E-state index in [1.807, 2.05) is 0 Å². The summed E-state index contributed by atoms with van der Waals surface area (Å²) in [5.74, 6) is -0.287. The molecule has 13 heavy (non-hydrogen) atoms. The molecule has 0 saturated heterocycles. The lowest BCUT2D eigenvalue weighted by atomic mass is 9.95. The van der Waals surface area contributed by atoms with Crippen molar-refractivity contribution in [1.82, 2.24) is 4.98 Å². The van der Waals surface area contributed by atoms with Crippen LogP contribution in [0, 0.1) is 0 Å². The van der Waals surface area contributed by atoms with Crippen molar-refractivity contribution in [2.24, 2.45) is 5.73 Å². The first kappa shape index (κ1) is 8.04. The first-order valence-corrected chi connectivity index (χ1v) is 4.17. The van der Waals surface area contributed by atoms with E-state index in [2.05, 4.69) is 4.98 Å². The largest absolute Gasteiger partial charge is 0.397 e. The van der Waals surface area contributed by atoms with Crippen molar-refractivity contribution >= 4 is 11.6 Å². The smallest absolute Gasteiger partial charge is 0.228 e. The monoisotopic (exact) mass is 177 g/mol. The van der Waals surface area contributed by atoms with Gasteiger partial charge in [-0.1, -0.05) is 0 Å². The Balaban J connectivity index is 2.47. The van der Waals surface area contributed by atoms with Gasteiger partial charge in [0.25, 0.3) is 0 Å². The predicted molar refractivity (Wildman–Crippen MR) is 48.8 cm³/mol. The number of pyridine rings is 1. The molecule has 0 aromatic carbocycles. The molecule has 0 bridgehead atoms. The van der Waals surface area contributed by atoms with Crippen molar-refractivity contribution in [3.8, 4) is 0 Å². The number of aromatic nitrogens is 1. The van der Waals surface area contributed by atoms with E-state index < -0.39 is 5.41 Å². The van der Waals surface area contributed by atoms with Gasteiger partial charge in [-0.2, -0.15) is 0 Å². The Morgan fingerprint density at radius 1 is 1.54 bits per heavy atom. The zero-order chi connectivity index (χ0) is 9.47. The molecule has 4 heteroatoms. The van der Waals surface area contributed by atoms with Crippen molar-refractivity contribution in [2.45, 2.75) is 18.3 Å². The molecule has 1 heterocycles. The van der Waals surface area contributed by atoms with Crippen molar-refractivity contribution < 1.29 is 4.79 Å². The molecule has 1 amide bonds. The average Bonchev–Trinajstić information content (AvgIpc) is 2.85. The molecule has 0 spiro atoms. The lowest BCUT2D eigenvalue weighted by molar-refractivity contribution is -0.120. The van der Waals surface area contributed by atoms with E-state index in [1.54, 1.807) is 18.5 Å². The number of hydrogen-bond acceptors (Lipinski definition) is 3. The number of nitrogens with two attached hydrogens (primary N) is 2. The van der Waals surface area contributed by atoms with E-state index in [0.717, 1.165) is 18.4 Å². The quantitative estimate of drug-likeness (QED) is 0.676. The van der Waals surface area contributed by atoms with Gasteiger partial charge in [-0.05, 0) is 24.5 Å². The Morgan fingerprint density at radius 2 is 2.23 bits per heavy atom. The Labute approximate surface area is 75.9 Å². The number of hydrogen-bond donors (Lipinski definition) is 2. The van der Waals surface area contributed by atoms with Crippen LogP contribution in [0.5, 0.6) is 0 Å². The predicted octanol–water partition coefficient (Wildman–Crippen LogP) is 0.181. The summed E-state index contributed by atoms with van der Waals surface area (Å²) in [5, 5.41) is 0. The maximum absolute atomic E-state index is 11.2. The van der Waals surface area contributed by atoms with Crippen molar-refractivity contribution in [3.05, 3.63) is 24.0 Å². The van der Waals surface area contributed by atoms with E-state index in [4.69, 9.17) is 11.5 Å².